The second kappa shape index (κ2) is 8.82. The van der Waals surface area contributed by atoms with Crippen molar-refractivity contribution in [2.75, 3.05) is 26.7 Å². The quantitative estimate of drug-likeness (QED) is 0.828. The molecule has 1 aromatic heterocycles. The number of piperidine rings is 1. The maximum Gasteiger partial charge on any atom is 0.251 e. The maximum atomic E-state index is 11.6. The Bertz CT molecular complexity index is 767. The molecule has 2 aliphatic heterocycles. The van der Waals surface area contributed by atoms with Crippen LogP contribution in [0.1, 0.15) is 46.3 Å². The number of likely N-dealkylation sites (tertiary alicyclic amines) is 1. The van der Waals surface area contributed by atoms with Crippen molar-refractivity contribution in [2.45, 2.75) is 38.4 Å². The standard InChI is InChI=1S/C19H26N6O.ClH/c1-20-19(26)16-4-2-14(3-5-16)13-24-9-6-15(7-10-24)18-23-22-17-12-21-8-11-25(17)18;/h2-5,15,21H,6-13H2,1H3,(H,20,26);1H. The monoisotopic (exact) mass is 390 g/mol. The molecule has 2 aliphatic rings. The lowest BCUT2D eigenvalue weighted by Gasteiger charge is -2.32. The molecule has 0 spiro atoms. The van der Waals surface area contributed by atoms with Crippen LogP contribution in [0.3, 0.4) is 0 Å². The lowest BCUT2D eigenvalue weighted by atomic mass is 9.95. The van der Waals surface area contributed by atoms with Gasteiger partial charge in [-0.25, -0.2) is 0 Å². The third kappa shape index (κ3) is 4.31. The molecule has 1 saturated heterocycles. The van der Waals surface area contributed by atoms with Gasteiger partial charge in [-0.05, 0) is 43.6 Å². The highest BCUT2D eigenvalue weighted by Crippen LogP contribution is 2.28. The van der Waals surface area contributed by atoms with E-state index in [2.05, 4.69) is 42.4 Å². The summed E-state index contributed by atoms with van der Waals surface area (Å²) in [6, 6.07) is 7.91. The number of benzene rings is 1. The summed E-state index contributed by atoms with van der Waals surface area (Å²) in [4.78, 5) is 14.1. The van der Waals surface area contributed by atoms with Crippen molar-refractivity contribution < 1.29 is 4.79 Å². The number of rotatable bonds is 4. The molecular weight excluding hydrogens is 364 g/mol. The zero-order valence-electron chi connectivity index (χ0n) is 15.6. The molecule has 0 bridgehead atoms. The fourth-order valence-electron chi connectivity index (χ4n) is 3.93. The highest BCUT2D eigenvalue weighted by molar-refractivity contribution is 5.93. The van der Waals surface area contributed by atoms with E-state index in [1.165, 1.54) is 11.4 Å². The number of carbonyl (C=O) groups excluding carboxylic acids is 1. The van der Waals surface area contributed by atoms with Gasteiger partial charge in [-0.2, -0.15) is 0 Å². The number of nitrogens with one attached hydrogen (secondary N) is 2. The Balaban J connectivity index is 0.00000210. The summed E-state index contributed by atoms with van der Waals surface area (Å²) in [5.41, 5.74) is 1.96. The minimum absolute atomic E-state index is 0. The molecule has 4 rings (SSSR count). The molecule has 1 fully saturated rings. The molecule has 1 amide bonds. The average molecular weight is 391 g/mol. The Hall–Kier alpha value is -1.96. The highest BCUT2D eigenvalue weighted by atomic mass is 35.5. The van der Waals surface area contributed by atoms with E-state index >= 15 is 0 Å². The van der Waals surface area contributed by atoms with Gasteiger partial charge in [0.1, 0.15) is 11.6 Å². The molecular formula is C19H27ClN6O. The van der Waals surface area contributed by atoms with E-state index < -0.39 is 0 Å². The van der Waals surface area contributed by atoms with Crippen molar-refractivity contribution in [3.63, 3.8) is 0 Å². The summed E-state index contributed by atoms with van der Waals surface area (Å²) < 4.78 is 2.31. The summed E-state index contributed by atoms with van der Waals surface area (Å²) in [6.45, 7) is 5.89. The predicted molar refractivity (Wildman–Crippen MR) is 106 cm³/mol. The van der Waals surface area contributed by atoms with Gasteiger partial charge in [0.15, 0.2) is 0 Å². The summed E-state index contributed by atoms with van der Waals surface area (Å²) in [6.07, 6.45) is 2.25. The highest BCUT2D eigenvalue weighted by Gasteiger charge is 2.26. The summed E-state index contributed by atoms with van der Waals surface area (Å²) in [7, 11) is 1.66. The molecule has 146 valence electrons. The van der Waals surface area contributed by atoms with E-state index in [1.807, 2.05) is 12.1 Å². The third-order valence-electron chi connectivity index (χ3n) is 5.45. The Labute approximate surface area is 165 Å². The van der Waals surface area contributed by atoms with Gasteiger partial charge < -0.3 is 15.2 Å². The largest absolute Gasteiger partial charge is 0.355 e. The number of fused-ring (bicyclic) bond motifs is 1. The molecule has 7 nitrogen and oxygen atoms in total. The normalized spacial score (nSPS) is 17.8. The number of hydrogen-bond acceptors (Lipinski definition) is 5. The summed E-state index contributed by atoms with van der Waals surface area (Å²) in [5, 5.41) is 14.8. The fraction of sp³-hybridized carbons (Fsp3) is 0.526. The average Bonchev–Trinajstić information content (AvgIpc) is 3.13. The SMILES string of the molecule is CNC(=O)c1ccc(CN2CCC(c3nnc4n3CCNC4)CC2)cc1.Cl. The zero-order chi connectivity index (χ0) is 17.9. The van der Waals surface area contributed by atoms with E-state index in [-0.39, 0.29) is 18.3 Å². The molecule has 3 heterocycles. The van der Waals surface area contributed by atoms with E-state index in [4.69, 9.17) is 0 Å². The van der Waals surface area contributed by atoms with Gasteiger partial charge >= 0.3 is 0 Å². The van der Waals surface area contributed by atoms with Crippen molar-refractivity contribution in [3.05, 3.63) is 47.0 Å². The minimum Gasteiger partial charge on any atom is -0.355 e. The second-order valence-corrected chi connectivity index (χ2v) is 7.13. The van der Waals surface area contributed by atoms with Crippen LogP contribution in [0.25, 0.3) is 0 Å². The molecule has 0 atom stereocenters. The first-order chi connectivity index (χ1) is 12.7. The second-order valence-electron chi connectivity index (χ2n) is 7.13. The Morgan fingerprint density at radius 2 is 1.93 bits per heavy atom. The number of hydrogen-bond donors (Lipinski definition) is 2. The number of nitrogens with zero attached hydrogens (tertiary/aromatic N) is 4. The smallest absolute Gasteiger partial charge is 0.251 e. The Morgan fingerprint density at radius 3 is 2.63 bits per heavy atom. The van der Waals surface area contributed by atoms with Crippen LogP contribution >= 0.6 is 12.4 Å². The molecule has 8 heteroatoms. The minimum atomic E-state index is -0.0378. The van der Waals surface area contributed by atoms with Gasteiger partial charge in [0.05, 0.1) is 6.54 Å². The van der Waals surface area contributed by atoms with Gasteiger partial charge in [0.25, 0.3) is 5.91 Å². The van der Waals surface area contributed by atoms with Crippen molar-refractivity contribution in [1.82, 2.24) is 30.3 Å². The number of aromatic nitrogens is 3. The fourth-order valence-corrected chi connectivity index (χ4v) is 3.93. The Kier molecular flexibility index (Phi) is 6.46. The molecule has 0 aliphatic carbocycles. The lowest BCUT2D eigenvalue weighted by Crippen LogP contribution is -2.34. The van der Waals surface area contributed by atoms with Crippen LogP contribution in [0.4, 0.5) is 0 Å². The number of amides is 1. The van der Waals surface area contributed by atoms with E-state index in [1.54, 1.807) is 7.05 Å². The molecule has 27 heavy (non-hydrogen) atoms. The predicted octanol–water partition coefficient (Wildman–Crippen LogP) is 1.54. The van der Waals surface area contributed by atoms with Crippen LogP contribution in [0.5, 0.6) is 0 Å². The van der Waals surface area contributed by atoms with Crippen LogP contribution < -0.4 is 10.6 Å². The van der Waals surface area contributed by atoms with E-state index in [0.717, 1.165) is 57.9 Å². The third-order valence-corrected chi connectivity index (χ3v) is 5.45. The van der Waals surface area contributed by atoms with Gasteiger partial charge in [-0.15, -0.1) is 22.6 Å². The van der Waals surface area contributed by atoms with Crippen molar-refractivity contribution in [3.8, 4) is 0 Å². The Morgan fingerprint density at radius 1 is 1.19 bits per heavy atom. The molecule has 0 unspecified atom stereocenters. The first-order valence-electron chi connectivity index (χ1n) is 9.40. The van der Waals surface area contributed by atoms with Gasteiger partial charge in [-0.1, -0.05) is 12.1 Å². The molecule has 1 aromatic carbocycles. The van der Waals surface area contributed by atoms with Crippen LogP contribution in [0.2, 0.25) is 0 Å². The van der Waals surface area contributed by atoms with Gasteiger partial charge in [0, 0.05) is 38.2 Å². The van der Waals surface area contributed by atoms with Crippen LogP contribution in [0, 0.1) is 0 Å². The van der Waals surface area contributed by atoms with Crippen molar-refractivity contribution in [2.24, 2.45) is 0 Å². The van der Waals surface area contributed by atoms with Gasteiger partial charge in [0.2, 0.25) is 0 Å². The van der Waals surface area contributed by atoms with Crippen molar-refractivity contribution >= 4 is 18.3 Å². The topological polar surface area (TPSA) is 75.1 Å². The van der Waals surface area contributed by atoms with Gasteiger partial charge in [-0.3, -0.25) is 9.69 Å². The van der Waals surface area contributed by atoms with Crippen LogP contribution in [0.15, 0.2) is 24.3 Å². The maximum absolute atomic E-state index is 11.6. The number of halogens is 1. The van der Waals surface area contributed by atoms with Crippen molar-refractivity contribution in [1.29, 1.82) is 0 Å². The molecule has 0 radical (unpaired) electrons. The van der Waals surface area contributed by atoms with Crippen LogP contribution in [-0.2, 0) is 19.6 Å². The number of carbonyl (C=O) groups is 1. The first kappa shape index (κ1) is 19.8. The molecule has 2 aromatic rings. The first-order valence-corrected chi connectivity index (χ1v) is 9.40. The lowest BCUT2D eigenvalue weighted by molar-refractivity contribution is 0.0963. The summed E-state index contributed by atoms with van der Waals surface area (Å²) >= 11 is 0. The molecule has 0 saturated carbocycles. The summed E-state index contributed by atoms with van der Waals surface area (Å²) in [5.74, 6) is 2.73. The van der Waals surface area contributed by atoms with E-state index in [9.17, 15) is 4.79 Å². The zero-order valence-corrected chi connectivity index (χ0v) is 16.5. The molecule has 2 N–H and O–H groups in total. The van der Waals surface area contributed by atoms with E-state index in [0.29, 0.717) is 11.5 Å². The van der Waals surface area contributed by atoms with Crippen LogP contribution in [-0.4, -0.2) is 52.3 Å².